The van der Waals surface area contributed by atoms with Crippen LogP contribution in [0.25, 0.3) is 0 Å². The molecule has 0 spiro atoms. The Morgan fingerprint density at radius 2 is 2.00 bits per heavy atom. The fraction of sp³-hybridized carbons (Fsp3) is 0.650. The lowest BCUT2D eigenvalue weighted by atomic mass is 10.1. The van der Waals surface area contributed by atoms with Gasteiger partial charge in [-0.25, -0.2) is 0 Å². The van der Waals surface area contributed by atoms with Gasteiger partial charge < -0.3 is 15.1 Å². The third-order valence-corrected chi connectivity index (χ3v) is 6.57. The average Bonchev–Trinajstić information content (AvgIpc) is 3.35. The van der Waals surface area contributed by atoms with Crippen molar-refractivity contribution in [2.45, 2.75) is 30.2 Å². The molecule has 1 aromatic carbocycles. The quantitative estimate of drug-likeness (QED) is 0.275. The van der Waals surface area contributed by atoms with Crippen LogP contribution >= 0.6 is 35.7 Å². The van der Waals surface area contributed by atoms with E-state index in [-0.39, 0.29) is 24.0 Å². The van der Waals surface area contributed by atoms with Gasteiger partial charge in [0, 0.05) is 43.4 Å². The fourth-order valence-corrected chi connectivity index (χ4v) is 4.72. The van der Waals surface area contributed by atoms with E-state index in [4.69, 9.17) is 0 Å². The van der Waals surface area contributed by atoms with Crippen LogP contribution in [-0.2, 0) is 0 Å². The van der Waals surface area contributed by atoms with Crippen LogP contribution in [0.2, 0.25) is 0 Å². The van der Waals surface area contributed by atoms with Crippen LogP contribution in [0.15, 0.2) is 40.2 Å². The van der Waals surface area contributed by atoms with Crippen molar-refractivity contribution < 1.29 is 0 Å². The number of hydrogen-bond donors (Lipinski definition) is 1. The highest BCUT2D eigenvalue weighted by molar-refractivity contribution is 14.0. The Morgan fingerprint density at radius 1 is 1.27 bits per heavy atom. The zero-order chi connectivity index (χ0) is 17.6. The van der Waals surface area contributed by atoms with Gasteiger partial charge in [0.15, 0.2) is 5.96 Å². The number of guanidine groups is 1. The lowest BCUT2D eigenvalue weighted by molar-refractivity contribution is 0.262. The first-order chi connectivity index (χ1) is 12.2. The monoisotopic (exact) mass is 488 g/mol. The van der Waals surface area contributed by atoms with E-state index < -0.39 is 0 Å². The molecule has 1 N–H and O–H groups in total. The second kappa shape index (κ2) is 10.8. The molecule has 0 bridgehead atoms. The molecule has 2 atom stereocenters. The van der Waals surface area contributed by atoms with Crippen molar-refractivity contribution >= 4 is 41.7 Å². The molecule has 2 aliphatic rings. The van der Waals surface area contributed by atoms with E-state index in [0.29, 0.717) is 6.04 Å². The van der Waals surface area contributed by atoms with Gasteiger partial charge in [0.25, 0.3) is 0 Å². The summed E-state index contributed by atoms with van der Waals surface area (Å²) in [6.07, 6.45) is 4.03. The highest BCUT2D eigenvalue weighted by atomic mass is 127. The number of hydrogen-bond acceptors (Lipinski definition) is 3. The lowest BCUT2D eigenvalue weighted by Crippen LogP contribution is -2.47. The maximum atomic E-state index is 4.54. The molecule has 1 aliphatic carbocycles. The normalized spacial score (nSPS) is 21.6. The van der Waals surface area contributed by atoms with Crippen LogP contribution in [0.1, 0.15) is 19.3 Å². The van der Waals surface area contributed by atoms with Crippen LogP contribution in [0.5, 0.6) is 0 Å². The minimum Gasteiger partial charge on any atom is -0.355 e. The van der Waals surface area contributed by atoms with Crippen molar-refractivity contribution in [3.63, 3.8) is 0 Å². The SMILES string of the molecule is CN=C(NCC(C1CC1)N(C)C)N1CCC(CSc2ccccc2)C1.I. The molecule has 4 nitrogen and oxygen atoms in total. The fourth-order valence-electron chi connectivity index (χ4n) is 3.67. The first-order valence-electron chi connectivity index (χ1n) is 9.47. The number of thioether (sulfide) groups is 1. The smallest absolute Gasteiger partial charge is 0.193 e. The molecular weight excluding hydrogens is 455 g/mol. The van der Waals surface area contributed by atoms with E-state index in [1.807, 2.05) is 18.8 Å². The first-order valence-corrected chi connectivity index (χ1v) is 10.5. The van der Waals surface area contributed by atoms with Gasteiger partial charge in [-0.1, -0.05) is 18.2 Å². The second-order valence-electron chi connectivity index (χ2n) is 7.52. The molecule has 3 rings (SSSR count). The zero-order valence-electron chi connectivity index (χ0n) is 16.2. The van der Waals surface area contributed by atoms with Crippen molar-refractivity contribution in [1.82, 2.24) is 15.1 Å². The average molecular weight is 488 g/mol. The van der Waals surface area contributed by atoms with Crippen LogP contribution < -0.4 is 5.32 Å². The number of halogens is 1. The van der Waals surface area contributed by atoms with E-state index in [1.165, 1.54) is 29.9 Å². The minimum absolute atomic E-state index is 0. The molecule has 1 aromatic rings. The van der Waals surface area contributed by atoms with Gasteiger partial charge in [-0.15, -0.1) is 35.7 Å². The number of likely N-dealkylation sites (tertiary alicyclic amines) is 1. The van der Waals surface area contributed by atoms with Crippen molar-refractivity contribution in [3.05, 3.63) is 30.3 Å². The molecule has 1 aliphatic heterocycles. The van der Waals surface area contributed by atoms with E-state index in [1.54, 1.807) is 0 Å². The summed E-state index contributed by atoms with van der Waals surface area (Å²) < 4.78 is 0. The highest BCUT2D eigenvalue weighted by Gasteiger charge is 2.33. The number of nitrogens with one attached hydrogen (secondary N) is 1. The second-order valence-corrected chi connectivity index (χ2v) is 8.61. The Hall–Kier alpha value is -0.470. The molecule has 146 valence electrons. The van der Waals surface area contributed by atoms with Gasteiger partial charge in [0.2, 0.25) is 0 Å². The van der Waals surface area contributed by atoms with Crippen LogP contribution in [0, 0.1) is 11.8 Å². The summed E-state index contributed by atoms with van der Waals surface area (Å²) in [6, 6.07) is 11.4. The molecule has 26 heavy (non-hydrogen) atoms. The minimum atomic E-state index is 0. The summed E-state index contributed by atoms with van der Waals surface area (Å²) in [4.78, 5) is 10.7. The van der Waals surface area contributed by atoms with Gasteiger partial charge in [-0.05, 0) is 57.3 Å². The Kier molecular flexibility index (Phi) is 9.03. The summed E-state index contributed by atoms with van der Waals surface area (Å²) in [6.45, 7) is 3.25. The van der Waals surface area contributed by atoms with Crippen LogP contribution in [0.4, 0.5) is 0 Å². The first kappa shape index (κ1) is 21.8. The Morgan fingerprint density at radius 3 is 2.62 bits per heavy atom. The van der Waals surface area contributed by atoms with E-state index in [9.17, 15) is 0 Å². The standard InChI is InChI=1S/C20H32N4S.HI/c1-21-20(22-13-19(23(2)3)17-9-10-17)24-12-11-16(14-24)15-25-18-7-5-4-6-8-18;/h4-8,16-17,19H,9-15H2,1-3H3,(H,21,22);1H. The molecule has 6 heteroatoms. The van der Waals surface area contributed by atoms with Gasteiger partial charge >= 0.3 is 0 Å². The molecule has 0 aromatic heterocycles. The lowest BCUT2D eigenvalue weighted by Gasteiger charge is -2.28. The van der Waals surface area contributed by atoms with E-state index >= 15 is 0 Å². The van der Waals surface area contributed by atoms with Gasteiger partial charge in [0.05, 0.1) is 0 Å². The largest absolute Gasteiger partial charge is 0.355 e. The molecule has 2 unspecified atom stereocenters. The Balaban J connectivity index is 0.00000243. The predicted molar refractivity (Wildman–Crippen MR) is 124 cm³/mol. The third kappa shape index (κ3) is 6.30. The number of benzene rings is 1. The summed E-state index contributed by atoms with van der Waals surface area (Å²) in [5.41, 5.74) is 0. The highest BCUT2D eigenvalue weighted by Crippen LogP contribution is 2.34. The molecule has 2 fully saturated rings. The number of aliphatic imine (C=N–C) groups is 1. The van der Waals surface area contributed by atoms with Gasteiger partial charge in [-0.3, -0.25) is 4.99 Å². The molecule has 1 heterocycles. The molecule has 0 amide bonds. The third-order valence-electron chi connectivity index (χ3n) is 5.32. The summed E-state index contributed by atoms with van der Waals surface area (Å²) in [7, 11) is 6.30. The zero-order valence-corrected chi connectivity index (χ0v) is 19.4. The summed E-state index contributed by atoms with van der Waals surface area (Å²) in [5.74, 6) is 3.89. The molecule has 1 saturated carbocycles. The Bertz CT molecular complexity index is 560. The van der Waals surface area contributed by atoms with Crippen molar-refractivity contribution in [2.75, 3.05) is 46.5 Å². The van der Waals surface area contributed by atoms with Crippen molar-refractivity contribution in [3.8, 4) is 0 Å². The van der Waals surface area contributed by atoms with Crippen LogP contribution in [0.3, 0.4) is 0 Å². The van der Waals surface area contributed by atoms with Crippen LogP contribution in [-0.4, -0.2) is 68.3 Å². The molecular formula is C20H33IN4S. The van der Waals surface area contributed by atoms with Gasteiger partial charge in [0.1, 0.15) is 0 Å². The molecule has 0 radical (unpaired) electrons. The predicted octanol–water partition coefficient (Wildman–Crippen LogP) is 3.63. The topological polar surface area (TPSA) is 30.9 Å². The number of nitrogens with zero attached hydrogens (tertiary/aromatic N) is 3. The van der Waals surface area contributed by atoms with Gasteiger partial charge in [-0.2, -0.15) is 0 Å². The maximum Gasteiger partial charge on any atom is 0.193 e. The van der Waals surface area contributed by atoms with Crippen molar-refractivity contribution in [1.29, 1.82) is 0 Å². The number of rotatable bonds is 7. The molecule has 1 saturated heterocycles. The van der Waals surface area contributed by atoms with E-state index in [0.717, 1.165) is 37.4 Å². The summed E-state index contributed by atoms with van der Waals surface area (Å²) in [5, 5.41) is 3.64. The Labute approximate surface area is 180 Å². The summed E-state index contributed by atoms with van der Waals surface area (Å²) >= 11 is 1.98. The maximum absolute atomic E-state index is 4.54. The van der Waals surface area contributed by atoms with Crippen molar-refractivity contribution in [2.24, 2.45) is 16.8 Å². The van der Waals surface area contributed by atoms with E-state index in [2.05, 4.69) is 64.5 Å². The number of likely N-dealkylation sites (N-methyl/N-ethyl adjacent to an activating group) is 1.